The van der Waals surface area contributed by atoms with E-state index < -0.39 is 0 Å². The minimum absolute atomic E-state index is 0.841. The van der Waals surface area contributed by atoms with Crippen LogP contribution in [0.1, 0.15) is 18.2 Å². The molecule has 5 heteroatoms. The molecule has 2 rings (SSSR count). The molecule has 2 aromatic heterocycles. The Morgan fingerprint density at radius 2 is 2.17 bits per heavy atom. The fraction of sp³-hybridized carbons (Fsp3) is 0.308. The minimum atomic E-state index is 0.841. The van der Waals surface area contributed by atoms with Crippen molar-refractivity contribution in [3.05, 3.63) is 39.1 Å². The number of hydrogen-bond acceptors (Lipinski definition) is 4. The number of nitrogens with zero attached hydrogens (tertiary/aromatic N) is 1. The van der Waals surface area contributed by atoms with Crippen LogP contribution in [0.15, 0.2) is 34.2 Å². The lowest BCUT2D eigenvalue weighted by Crippen LogP contribution is -2.03. The molecule has 0 aliphatic carbocycles. The molecule has 2 heterocycles. The van der Waals surface area contributed by atoms with E-state index >= 15 is 0 Å². The molecule has 0 atom stereocenters. The highest BCUT2D eigenvalue weighted by Crippen LogP contribution is 2.23. The first-order valence-electron chi connectivity index (χ1n) is 5.96. The molecule has 2 N–H and O–H groups in total. The summed E-state index contributed by atoms with van der Waals surface area (Å²) in [6.45, 7) is 3.94. The average Bonchev–Trinajstić information content (AvgIpc) is 2.80. The Balaban J connectivity index is 1.92. The van der Waals surface area contributed by atoms with Gasteiger partial charge in [0, 0.05) is 35.9 Å². The molecule has 0 aliphatic heterocycles. The van der Waals surface area contributed by atoms with Crippen molar-refractivity contribution in [2.45, 2.75) is 19.9 Å². The van der Waals surface area contributed by atoms with E-state index in [1.54, 1.807) is 11.3 Å². The molecule has 0 spiro atoms. The predicted molar refractivity (Wildman–Crippen MR) is 82.4 cm³/mol. The number of nitrogens with one attached hydrogen (secondary N) is 2. The first-order valence-corrected chi connectivity index (χ1v) is 7.57. The van der Waals surface area contributed by atoms with E-state index in [0.717, 1.165) is 31.0 Å². The van der Waals surface area contributed by atoms with Crippen molar-refractivity contribution < 1.29 is 0 Å². The molecule has 0 unspecified atom stereocenters. The molecule has 0 amide bonds. The summed E-state index contributed by atoms with van der Waals surface area (Å²) < 4.78 is 1.17. The van der Waals surface area contributed by atoms with Gasteiger partial charge >= 0.3 is 0 Å². The lowest BCUT2D eigenvalue weighted by molar-refractivity contribution is 0.969. The second-order valence-electron chi connectivity index (χ2n) is 3.92. The van der Waals surface area contributed by atoms with Crippen LogP contribution in [0.2, 0.25) is 0 Å². The Hall–Kier alpha value is -1.07. The van der Waals surface area contributed by atoms with E-state index in [2.05, 4.69) is 50.6 Å². The Bertz CT molecular complexity index is 498. The van der Waals surface area contributed by atoms with Crippen LogP contribution in [0, 0.1) is 0 Å². The van der Waals surface area contributed by atoms with Crippen LogP contribution in [-0.2, 0) is 6.54 Å². The zero-order valence-electron chi connectivity index (χ0n) is 10.2. The third-order valence-electron chi connectivity index (χ3n) is 2.41. The number of rotatable bonds is 6. The molecule has 0 saturated heterocycles. The third kappa shape index (κ3) is 3.99. The fourth-order valence-electron chi connectivity index (χ4n) is 1.53. The van der Waals surface area contributed by atoms with Gasteiger partial charge in [0.05, 0.1) is 3.79 Å². The molecule has 96 valence electrons. The molecule has 2 aromatic rings. The summed E-state index contributed by atoms with van der Waals surface area (Å²) in [6.07, 6.45) is 2.92. The van der Waals surface area contributed by atoms with Crippen LogP contribution in [0.25, 0.3) is 0 Å². The maximum atomic E-state index is 4.28. The number of aromatic nitrogens is 1. The highest BCUT2D eigenvalue weighted by atomic mass is 79.9. The van der Waals surface area contributed by atoms with Gasteiger partial charge in [-0.1, -0.05) is 6.92 Å². The standard InChI is InChI=1S/C13H16BrN3S/c1-2-6-15-13-8-10(5-7-16-13)17-9-11-3-4-12(14)18-11/h3-5,7-8H,2,6,9H2,1H3,(H2,15,16,17). The van der Waals surface area contributed by atoms with Crippen LogP contribution >= 0.6 is 27.3 Å². The molecule has 18 heavy (non-hydrogen) atoms. The van der Waals surface area contributed by atoms with Crippen LogP contribution in [0.5, 0.6) is 0 Å². The zero-order chi connectivity index (χ0) is 12.8. The number of anilines is 2. The molecule has 0 aliphatic rings. The van der Waals surface area contributed by atoms with E-state index in [9.17, 15) is 0 Å². The topological polar surface area (TPSA) is 37.0 Å². The van der Waals surface area contributed by atoms with Gasteiger partial charge in [-0.25, -0.2) is 4.98 Å². The van der Waals surface area contributed by atoms with Gasteiger partial charge < -0.3 is 10.6 Å². The summed E-state index contributed by atoms with van der Waals surface area (Å²) in [6, 6.07) is 8.22. The number of thiophene rings is 1. The van der Waals surface area contributed by atoms with Gasteiger partial charge in [-0.2, -0.15) is 0 Å². The van der Waals surface area contributed by atoms with Crippen molar-refractivity contribution in [3.63, 3.8) is 0 Å². The lowest BCUT2D eigenvalue weighted by atomic mass is 10.3. The second-order valence-corrected chi connectivity index (χ2v) is 6.46. The van der Waals surface area contributed by atoms with Gasteiger partial charge in [-0.05, 0) is 40.5 Å². The monoisotopic (exact) mass is 325 g/mol. The van der Waals surface area contributed by atoms with Gasteiger partial charge in [0.15, 0.2) is 0 Å². The highest BCUT2D eigenvalue weighted by Gasteiger charge is 1.99. The highest BCUT2D eigenvalue weighted by molar-refractivity contribution is 9.11. The Labute approximate surface area is 120 Å². The Morgan fingerprint density at radius 1 is 1.28 bits per heavy atom. The van der Waals surface area contributed by atoms with Crippen molar-refractivity contribution in [2.24, 2.45) is 0 Å². The number of halogens is 1. The van der Waals surface area contributed by atoms with E-state index in [-0.39, 0.29) is 0 Å². The molecule has 0 bridgehead atoms. The minimum Gasteiger partial charge on any atom is -0.380 e. The first kappa shape index (κ1) is 13.4. The first-order chi connectivity index (χ1) is 8.78. The normalized spacial score (nSPS) is 10.3. The largest absolute Gasteiger partial charge is 0.380 e. The molecule has 0 radical (unpaired) electrons. The zero-order valence-corrected chi connectivity index (χ0v) is 12.6. The van der Waals surface area contributed by atoms with Crippen molar-refractivity contribution >= 4 is 38.8 Å². The van der Waals surface area contributed by atoms with Crippen molar-refractivity contribution in [3.8, 4) is 0 Å². The summed E-state index contributed by atoms with van der Waals surface area (Å²) in [5.74, 6) is 0.925. The average molecular weight is 326 g/mol. The summed E-state index contributed by atoms with van der Waals surface area (Å²) in [7, 11) is 0. The van der Waals surface area contributed by atoms with Crippen molar-refractivity contribution in [1.82, 2.24) is 4.98 Å². The number of pyridine rings is 1. The van der Waals surface area contributed by atoms with E-state index in [0.29, 0.717) is 0 Å². The molecular weight excluding hydrogens is 310 g/mol. The van der Waals surface area contributed by atoms with Crippen molar-refractivity contribution in [2.75, 3.05) is 17.2 Å². The molecule has 0 saturated carbocycles. The van der Waals surface area contributed by atoms with Crippen LogP contribution < -0.4 is 10.6 Å². The smallest absolute Gasteiger partial charge is 0.127 e. The van der Waals surface area contributed by atoms with Crippen LogP contribution in [0.3, 0.4) is 0 Å². The lowest BCUT2D eigenvalue weighted by Gasteiger charge is -2.08. The summed E-state index contributed by atoms with van der Waals surface area (Å²) in [5.41, 5.74) is 1.09. The SMILES string of the molecule is CCCNc1cc(NCc2ccc(Br)s2)ccn1. The molecular formula is C13H16BrN3S. The fourth-order valence-corrected chi connectivity index (χ4v) is 2.95. The molecule has 0 fully saturated rings. The second kappa shape index (κ2) is 6.75. The van der Waals surface area contributed by atoms with Gasteiger partial charge in [-0.3, -0.25) is 0 Å². The van der Waals surface area contributed by atoms with Crippen LogP contribution in [0.4, 0.5) is 11.5 Å². The maximum Gasteiger partial charge on any atom is 0.127 e. The summed E-state index contributed by atoms with van der Waals surface area (Å²) in [4.78, 5) is 5.59. The predicted octanol–water partition coefficient (Wildman–Crippen LogP) is 4.34. The Kier molecular flexibility index (Phi) is 5.01. The van der Waals surface area contributed by atoms with Gasteiger partial charge in [0.2, 0.25) is 0 Å². The van der Waals surface area contributed by atoms with E-state index in [4.69, 9.17) is 0 Å². The maximum absolute atomic E-state index is 4.28. The molecule has 0 aromatic carbocycles. The van der Waals surface area contributed by atoms with Crippen molar-refractivity contribution in [1.29, 1.82) is 0 Å². The van der Waals surface area contributed by atoms with Gasteiger partial charge in [0.25, 0.3) is 0 Å². The third-order valence-corrected chi connectivity index (χ3v) is 4.04. The van der Waals surface area contributed by atoms with Gasteiger partial charge in [-0.15, -0.1) is 11.3 Å². The number of hydrogen-bond donors (Lipinski definition) is 2. The van der Waals surface area contributed by atoms with Gasteiger partial charge in [0.1, 0.15) is 5.82 Å². The Morgan fingerprint density at radius 3 is 2.89 bits per heavy atom. The van der Waals surface area contributed by atoms with E-state index in [1.807, 2.05) is 18.3 Å². The quantitative estimate of drug-likeness (QED) is 0.829. The van der Waals surface area contributed by atoms with E-state index in [1.165, 1.54) is 8.66 Å². The van der Waals surface area contributed by atoms with Crippen LogP contribution in [-0.4, -0.2) is 11.5 Å². The summed E-state index contributed by atoms with van der Waals surface area (Å²) in [5, 5.41) is 6.68. The summed E-state index contributed by atoms with van der Waals surface area (Å²) >= 11 is 5.22. The molecule has 3 nitrogen and oxygen atoms in total.